The number of hydrogen-bond donors (Lipinski definition) is 0. The molecule has 0 radical (unpaired) electrons. The lowest BCUT2D eigenvalue weighted by molar-refractivity contribution is 0.206. The van der Waals surface area contributed by atoms with E-state index >= 15 is 0 Å². The number of rotatable bonds is 9. The molecule has 8 heteroatoms. The quantitative estimate of drug-likeness (QED) is 0.506. The molecular formula is C21H21ClFN3O3. The predicted molar refractivity (Wildman–Crippen MR) is 105 cm³/mol. The van der Waals surface area contributed by atoms with Crippen molar-refractivity contribution in [1.82, 2.24) is 15.0 Å². The Balaban J connectivity index is 1.37. The van der Waals surface area contributed by atoms with E-state index in [0.29, 0.717) is 47.2 Å². The molecule has 6 nitrogen and oxygen atoms in total. The van der Waals surface area contributed by atoms with Gasteiger partial charge < -0.3 is 14.0 Å². The number of halogens is 2. The first-order valence-electron chi connectivity index (χ1n) is 9.37. The second-order valence-corrected chi connectivity index (χ2v) is 7.31. The van der Waals surface area contributed by atoms with Crippen molar-refractivity contribution >= 4 is 11.6 Å². The van der Waals surface area contributed by atoms with Gasteiger partial charge >= 0.3 is 0 Å². The topological polar surface area (TPSA) is 60.6 Å². The predicted octanol–water partition coefficient (Wildman–Crippen LogP) is 4.61. The molecule has 1 heterocycles. The molecule has 0 unspecified atom stereocenters. The molecule has 0 bridgehead atoms. The van der Waals surface area contributed by atoms with Crippen LogP contribution >= 0.6 is 11.6 Å². The summed E-state index contributed by atoms with van der Waals surface area (Å²) in [4.78, 5) is 6.52. The van der Waals surface area contributed by atoms with E-state index in [9.17, 15) is 4.39 Å². The van der Waals surface area contributed by atoms with Crippen molar-refractivity contribution in [2.45, 2.75) is 38.6 Å². The van der Waals surface area contributed by atoms with Crippen LogP contribution in [0.25, 0.3) is 0 Å². The fourth-order valence-corrected chi connectivity index (χ4v) is 3.27. The molecule has 2 aromatic carbocycles. The van der Waals surface area contributed by atoms with Gasteiger partial charge in [-0.2, -0.15) is 4.98 Å². The van der Waals surface area contributed by atoms with Crippen LogP contribution in [0.2, 0.25) is 5.02 Å². The molecule has 0 aliphatic heterocycles. The number of ether oxygens (including phenoxy) is 2. The highest BCUT2D eigenvalue weighted by molar-refractivity contribution is 6.31. The third-order valence-electron chi connectivity index (χ3n) is 4.76. The Morgan fingerprint density at radius 3 is 2.59 bits per heavy atom. The molecule has 0 atom stereocenters. The maximum Gasteiger partial charge on any atom is 0.240 e. The van der Waals surface area contributed by atoms with E-state index in [4.69, 9.17) is 25.6 Å². The van der Waals surface area contributed by atoms with Gasteiger partial charge in [-0.25, -0.2) is 4.39 Å². The number of aromatic nitrogens is 2. The van der Waals surface area contributed by atoms with Crippen LogP contribution < -0.4 is 9.47 Å². The molecule has 152 valence electrons. The number of hydrogen-bond acceptors (Lipinski definition) is 6. The van der Waals surface area contributed by atoms with Gasteiger partial charge in [-0.05, 0) is 49.2 Å². The van der Waals surface area contributed by atoms with Crippen LogP contribution in [0.3, 0.4) is 0 Å². The van der Waals surface area contributed by atoms with Crippen LogP contribution in [0, 0.1) is 5.82 Å². The van der Waals surface area contributed by atoms with Crippen LogP contribution in [-0.2, 0) is 19.7 Å². The molecule has 1 aliphatic rings. The summed E-state index contributed by atoms with van der Waals surface area (Å²) in [5.74, 6) is 2.07. The molecule has 3 aromatic rings. The summed E-state index contributed by atoms with van der Waals surface area (Å²) >= 11 is 6.18. The van der Waals surface area contributed by atoms with E-state index in [1.54, 1.807) is 19.2 Å². The minimum absolute atomic E-state index is 0.193. The van der Waals surface area contributed by atoms with Crippen molar-refractivity contribution in [3.05, 3.63) is 70.6 Å². The van der Waals surface area contributed by atoms with Gasteiger partial charge in [0.05, 0.1) is 13.7 Å². The third kappa shape index (κ3) is 5.05. The molecule has 1 fully saturated rings. The molecule has 0 spiro atoms. The zero-order chi connectivity index (χ0) is 20.2. The summed E-state index contributed by atoms with van der Waals surface area (Å²) in [6, 6.07) is 12.4. The van der Waals surface area contributed by atoms with E-state index in [2.05, 4.69) is 15.0 Å². The normalized spacial score (nSPS) is 13.7. The maximum absolute atomic E-state index is 14.2. The Labute approximate surface area is 173 Å². The fraction of sp³-hybridized carbons (Fsp3) is 0.333. The van der Waals surface area contributed by atoms with Gasteiger partial charge in [-0.3, -0.25) is 4.90 Å². The molecule has 1 aromatic heterocycles. The second kappa shape index (κ2) is 8.80. The van der Waals surface area contributed by atoms with E-state index in [1.165, 1.54) is 6.07 Å². The molecule has 4 rings (SSSR count). The summed E-state index contributed by atoms with van der Waals surface area (Å²) in [6.45, 7) is 1.03. The zero-order valence-electron chi connectivity index (χ0n) is 16.0. The van der Waals surface area contributed by atoms with Gasteiger partial charge in [0.25, 0.3) is 0 Å². The second-order valence-electron chi connectivity index (χ2n) is 6.90. The van der Waals surface area contributed by atoms with Crippen molar-refractivity contribution in [3.8, 4) is 11.5 Å². The summed E-state index contributed by atoms with van der Waals surface area (Å²) in [5, 5.41) is 4.40. The summed E-state index contributed by atoms with van der Waals surface area (Å²) in [6.07, 6.45) is 2.13. The Morgan fingerprint density at radius 2 is 1.90 bits per heavy atom. The molecule has 0 N–H and O–H groups in total. The average Bonchev–Trinajstić information content (AvgIpc) is 3.48. The molecule has 29 heavy (non-hydrogen) atoms. The zero-order valence-corrected chi connectivity index (χ0v) is 16.7. The monoisotopic (exact) mass is 417 g/mol. The highest BCUT2D eigenvalue weighted by Crippen LogP contribution is 2.31. The lowest BCUT2D eigenvalue weighted by Gasteiger charge is -2.20. The third-order valence-corrected chi connectivity index (χ3v) is 5.12. The average molecular weight is 418 g/mol. The standard InChI is InChI=1S/C21H21ClFN3O3/c1-27-15-7-9-16(10-8-15)28-13-20-24-21(29-25-20)12-26(14-5-6-14)11-17-18(22)3-2-4-19(17)23/h2-4,7-10,14H,5-6,11-13H2,1H3. The Kier molecular flexibility index (Phi) is 5.97. The van der Waals surface area contributed by atoms with Crippen molar-refractivity contribution in [3.63, 3.8) is 0 Å². The van der Waals surface area contributed by atoms with Gasteiger partial charge in [0.2, 0.25) is 11.7 Å². The first-order valence-corrected chi connectivity index (χ1v) is 9.75. The van der Waals surface area contributed by atoms with E-state index in [1.807, 2.05) is 24.3 Å². The van der Waals surface area contributed by atoms with Crippen LogP contribution in [0.4, 0.5) is 4.39 Å². The van der Waals surface area contributed by atoms with Crippen molar-refractivity contribution in [1.29, 1.82) is 0 Å². The Morgan fingerprint density at radius 1 is 1.14 bits per heavy atom. The van der Waals surface area contributed by atoms with Crippen molar-refractivity contribution < 1.29 is 18.4 Å². The number of benzene rings is 2. The number of nitrogens with zero attached hydrogens (tertiary/aromatic N) is 3. The lowest BCUT2D eigenvalue weighted by atomic mass is 10.2. The van der Waals surface area contributed by atoms with Crippen LogP contribution in [0.15, 0.2) is 47.0 Å². The maximum atomic E-state index is 14.2. The van der Waals surface area contributed by atoms with E-state index < -0.39 is 0 Å². The van der Waals surface area contributed by atoms with Crippen molar-refractivity contribution in [2.75, 3.05) is 7.11 Å². The molecule has 1 saturated carbocycles. The minimum Gasteiger partial charge on any atom is -0.497 e. The molecule has 1 aliphatic carbocycles. The first-order chi connectivity index (χ1) is 14.1. The van der Waals surface area contributed by atoms with Gasteiger partial charge in [0, 0.05) is 23.2 Å². The van der Waals surface area contributed by atoms with Gasteiger partial charge in [0.1, 0.15) is 17.3 Å². The lowest BCUT2D eigenvalue weighted by Crippen LogP contribution is -2.26. The minimum atomic E-state index is -0.303. The van der Waals surface area contributed by atoms with Gasteiger partial charge in [-0.15, -0.1) is 0 Å². The first kappa shape index (κ1) is 19.7. The number of methoxy groups -OCH3 is 1. The van der Waals surface area contributed by atoms with Crippen molar-refractivity contribution in [2.24, 2.45) is 0 Å². The summed E-state index contributed by atoms with van der Waals surface area (Å²) in [5.41, 5.74) is 0.489. The fourth-order valence-electron chi connectivity index (χ4n) is 3.05. The van der Waals surface area contributed by atoms with Crippen LogP contribution in [-0.4, -0.2) is 28.2 Å². The Bertz CT molecular complexity index is 940. The largest absolute Gasteiger partial charge is 0.497 e. The highest BCUT2D eigenvalue weighted by Gasteiger charge is 2.31. The van der Waals surface area contributed by atoms with Gasteiger partial charge in [-0.1, -0.05) is 22.8 Å². The molecule has 0 saturated heterocycles. The Hall–Kier alpha value is -2.64. The van der Waals surface area contributed by atoms with E-state index in [0.717, 1.165) is 18.6 Å². The van der Waals surface area contributed by atoms with Crippen LogP contribution in [0.5, 0.6) is 11.5 Å². The van der Waals surface area contributed by atoms with Gasteiger partial charge in [0.15, 0.2) is 6.61 Å². The molecular weight excluding hydrogens is 397 g/mol. The summed E-state index contributed by atoms with van der Waals surface area (Å²) < 4.78 is 30.3. The highest BCUT2D eigenvalue weighted by atomic mass is 35.5. The van der Waals surface area contributed by atoms with E-state index in [-0.39, 0.29) is 12.4 Å². The smallest absolute Gasteiger partial charge is 0.240 e. The molecule has 0 amide bonds. The summed E-state index contributed by atoms with van der Waals surface area (Å²) in [7, 11) is 1.61. The van der Waals surface area contributed by atoms with Crippen LogP contribution in [0.1, 0.15) is 30.1 Å². The SMILES string of the molecule is COc1ccc(OCc2noc(CN(Cc3c(F)cccc3Cl)C3CC3)n2)cc1.